The van der Waals surface area contributed by atoms with Crippen LogP contribution in [0.5, 0.6) is 0 Å². The molecule has 1 amide bonds. The standard InChI is InChI=1S/C16H19N3O/c1-13-5-2-3-7-15(13)19(16(20)8-9-17)12-14-6-4-10-18-11-14/h2-7,10-11H,8-9,12,17H2,1H3. The Hall–Kier alpha value is -2.20. The summed E-state index contributed by atoms with van der Waals surface area (Å²) in [6, 6.07) is 11.7. The van der Waals surface area contributed by atoms with Gasteiger partial charge in [0.15, 0.2) is 0 Å². The topological polar surface area (TPSA) is 59.2 Å². The van der Waals surface area contributed by atoms with Gasteiger partial charge in [-0.05, 0) is 30.2 Å². The van der Waals surface area contributed by atoms with Crippen LogP contribution >= 0.6 is 0 Å². The van der Waals surface area contributed by atoms with E-state index in [-0.39, 0.29) is 5.91 Å². The lowest BCUT2D eigenvalue weighted by Crippen LogP contribution is -2.32. The van der Waals surface area contributed by atoms with Crippen molar-refractivity contribution < 1.29 is 4.79 Å². The van der Waals surface area contributed by atoms with E-state index in [1.165, 1.54) is 0 Å². The first-order valence-electron chi connectivity index (χ1n) is 6.67. The van der Waals surface area contributed by atoms with Crippen molar-refractivity contribution in [3.05, 3.63) is 59.9 Å². The Labute approximate surface area is 119 Å². The zero-order valence-corrected chi connectivity index (χ0v) is 11.6. The van der Waals surface area contributed by atoms with Gasteiger partial charge in [-0.1, -0.05) is 24.3 Å². The van der Waals surface area contributed by atoms with Gasteiger partial charge in [-0.25, -0.2) is 0 Å². The summed E-state index contributed by atoms with van der Waals surface area (Å²) in [6.07, 6.45) is 3.85. The molecule has 20 heavy (non-hydrogen) atoms. The molecule has 1 heterocycles. The van der Waals surface area contributed by atoms with E-state index < -0.39 is 0 Å². The lowest BCUT2D eigenvalue weighted by molar-refractivity contribution is -0.118. The normalized spacial score (nSPS) is 10.3. The summed E-state index contributed by atoms with van der Waals surface area (Å²) < 4.78 is 0. The van der Waals surface area contributed by atoms with Gasteiger partial charge in [-0.3, -0.25) is 9.78 Å². The van der Waals surface area contributed by atoms with Crippen molar-refractivity contribution >= 4 is 11.6 Å². The summed E-state index contributed by atoms with van der Waals surface area (Å²) in [5.41, 5.74) is 8.51. The van der Waals surface area contributed by atoms with E-state index in [2.05, 4.69) is 4.98 Å². The van der Waals surface area contributed by atoms with Gasteiger partial charge in [0.2, 0.25) is 5.91 Å². The third kappa shape index (κ3) is 3.42. The molecule has 0 unspecified atom stereocenters. The van der Waals surface area contributed by atoms with Crippen molar-refractivity contribution in [2.24, 2.45) is 5.73 Å². The predicted molar refractivity (Wildman–Crippen MR) is 80.3 cm³/mol. The first-order valence-corrected chi connectivity index (χ1v) is 6.67. The summed E-state index contributed by atoms with van der Waals surface area (Å²) in [4.78, 5) is 18.2. The molecular formula is C16H19N3O. The van der Waals surface area contributed by atoms with Gasteiger partial charge < -0.3 is 10.6 Å². The minimum absolute atomic E-state index is 0.0330. The molecule has 0 aliphatic heterocycles. The third-order valence-electron chi connectivity index (χ3n) is 3.13. The molecule has 0 atom stereocenters. The van der Waals surface area contributed by atoms with Crippen LogP contribution in [0.3, 0.4) is 0 Å². The number of nitrogens with zero attached hydrogens (tertiary/aromatic N) is 2. The highest BCUT2D eigenvalue weighted by Gasteiger charge is 2.17. The second kappa shape index (κ2) is 6.82. The van der Waals surface area contributed by atoms with Gasteiger partial charge in [0.25, 0.3) is 0 Å². The average molecular weight is 269 g/mol. The largest absolute Gasteiger partial charge is 0.330 e. The number of carbonyl (C=O) groups is 1. The number of hydrogen-bond acceptors (Lipinski definition) is 3. The molecule has 0 spiro atoms. The molecule has 0 aliphatic rings. The van der Waals surface area contributed by atoms with Crippen LogP contribution in [0.1, 0.15) is 17.5 Å². The summed E-state index contributed by atoms with van der Waals surface area (Å²) >= 11 is 0. The zero-order valence-electron chi connectivity index (χ0n) is 11.6. The summed E-state index contributed by atoms with van der Waals surface area (Å²) in [7, 11) is 0. The molecule has 4 heteroatoms. The quantitative estimate of drug-likeness (QED) is 0.905. The number of para-hydroxylation sites is 1. The van der Waals surface area contributed by atoms with Crippen LogP contribution in [0.2, 0.25) is 0 Å². The Kier molecular flexibility index (Phi) is 4.85. The van der Waals surface area contributed by atoms with Crippen LogP contribution in [0, 0.1) is 6.92 Å². The fourth-order valence-corrected chi connectivity index (χ4v) is 2.11. The lowest BCUT2D eigenvalue weighted by atomic mass is 10.1. The van der Waals surface area contributed by atoms with Crippen molar-refractivity contribution in [1.82, 2.24) is 4.98 Å². The number of nitrogens with two attached hydrogens (primary N) is 1. The minimum atomic E-state index is 0.0330. The molecule has 0 fully saturated rings. The van der Waals surface area contributed by atoms with Gasteiger partial charge in [-0.2, -0.15) is 0 Å². The van der Waals surface area contributed by atoms with Crippen LogP contribution < -0.4 is 10.6 Å². The van der Waals surface area contributed by atoms with E-state index in [9.17, 15) is 4.79 Å². The van der Waals surface area contributed by atoms with Gasteiger partial charge in [-0.15, -0.1) is 0 Å². The summed E-state index contributed by atoms with van der Waals surface area (Å²) in [5.74, 6) is 0.0330. The van der Waals surface area contributed by atoms with Gasteiger partial charge in [0.05, 0.1) is 6.54 Å². The van der Waals surface area contributed by atoms with Crippen LogP contribution in [-0.4, -0.2) is 17.4 Å². The molecule has 2 aromatic rings. The fraction of sp³-hybridized carbons (Fsp3) is 0.250. The molecule has 104 valence electrons. The van der Waals surface area contributed by atoms with E-state index in [1.807, 2.05) is 43.3 Å². The third-order valence-corrected chi connectivity index (χ3v) is 3.13. The molecule has 1 aromatic carbocycles. The predicted octanol–water partition coefficient (Wildman–Crippen LogP) is 2.27. The van der Waals surface area contributed by atoms with Gasteiger partial charge in [0, 0.05) is 31.0 Å². The Morgan fingerprint density at radius 3 is 2.70 bits per heavy atom. The maximum Gasteiger partial charge on any atom is 0.228 e. The smallest absolute Gasteiger partial charge is 0.228 e. The van der Waals surface area contributed by atoms with Crippen LogP contribution in [0.25, 0.3) is 0 Å². The van der Waals surface area contributed by atoms with Crippen LogP contribution in [-0.2, 0) is 11.3 Å². The van der Waals surface area contributed by atoms with E-state index in [4.69, 9.17) is 5.73 Å². The van der Waals surface area contributed by atoms with Crippen molar-refractivity contribution in [3.8, 4) is 0 Å². The average Bonchev–Trinajstić information content (AvgIpc) is 2.47. The summed E-state index contributed by atoms with van der Waals surface area (Å²) in [5, 5.41) is 0. The number of benzene rings is 1. The second-order valence-electron chi connectivity index (χ2n) is 4.67. The van der Waals surface area contributed by atoms with Crippen molar-refractivity contribution in [2.45, 2.75) is 19.9 Å². The molecule has 0 saturated carbocycles. The first-order chi connectivity index (χ1) is 9.72. The van der Waals surface area contributed by atoms with Gasteiger partial charge in [0.1, 0.15) is 0 Å². The van der Waals surface area contributed by atoms with Crippen molar-refractivity contribution in [3.63, 3.8) is 0 Å². The molecule has 2 N–H and O–H groups in total. The number of amides is 1. The van der Waals surface area contributed by atoms with Crippen molar-refractivity contribution in [2.75, 3.05) is 11.4 Å². The number of anilines is 1. The highest BCUT2D eigenvalue weighted by atomic mass is 16.2. The summed E-state index contributed by atoms with van der Waals surface area (Å²) in [6.45, 7) is 2.87. The minimum Gasteiger partial charge on any atom is -0.330 e. The van der Waals surface area contributed by atoms with E-state index in [0.29, 0.717) is 19.5 Å². The molecular weight excluding hydrogens is 250 g/mol. The van der Waals surface area contributed by atoms with Crippen molar-refractivity contribution in [1.29, 1.82) is 0 Å². The monoisotopic (exact) mass is 269 g/mol. The number of pyridine rings is 1. The maximum atomic E-state index is 12.3. The van der Waals surface area contributed by atoms with E-state index in [0.717, 1.165) is 16.8 Å². The fourth-order valence-electron chi connectivity index (χ4n) is 2.11. The Morgan fingerprint density at radius 1 is 1.25 bits per heavy atom. The second-order valence-corrected chi connectivity index (χ2v) is 4.67. The maximum absolute atomic E-state index is 12.3. The molecule has 2 rings (SSSR count). The van der Waals surface area contributed by atoms with Gasteiger partial charge >= 0.3 is 0 Å². The molecule has 4 nitrogen and oxygen atoms in total. The number of aromatic nitrogens is 1. The van der Waals surface area contributed by atoms with E-state index >= 15 is 0 Å². The lowest BCUT2D eigenvalue weighted by Gasteiger charge is -2.24. The number of aryl methyl sites for hydroxylation is 1. The van der Waals surface area contributed by atoms with E-state index in [1.54, 1.807) is 17.3 Å². The number of rotatable bonds is 5. The molecule has 0 bridgehead atoms. The molecule has 0 aliphatic carbocycles. The van der Waals surface area contributed by atoms with Crippen LogP contribution in [0.4, 0.5) is 5.69 Å². The molecule has 0 saturated heterocycles. The number of carbonyl (C=O) groups excluding carboxylic acids is 1. The Morgan fingerprint density at radius 2 is 2.05 bits per heavy atom. The Balaban J connectivity index is 2.30. The zero-order chi connectivity index (χ0) is 14.4. The van der Waals surface area contributed by atoms with Crippen LogP contribution in [0.15, 0.2) is 48.8 Å². The molecule has 1 aromatic heterocycles. The number of hydrogen-bond donors (Lipinski definition) is 1. The first kappa shape index (κ1) is 14.2. The SMILES string of the molecule is Cc1ccccc1N(Cc1cccnc1)C(=O)CCN. The Bertz CT molecular complexity index is 569. The molecule has 0 radical (unpaired) electrons. The highest BCUT2D eigenvalue weighted by Crippen LogP contribution is 2.22. The highest BCUT2D eigenvalue weighted by molar-refractivity contribution is 5.94.